The number of carbonyl (C=O) groups excluding carboxylic acids is 2. The summed E-state index contributed by atoms with van der Waals surface area (Å²) in [7, 11) is 0. The average molecular weight is 454 g/mol. The summed E-state index contributed by atoms with van der Waals surface area (Å²) in [4.78, 5) is 25.7. The van der Waals surface area contributed by atoms with Crippen LogP contribution in [0.3, 0.4) is 0 Å². The van der Waals surface area contributed by atoms with E-state index in [2.05, 4.69) is 5.32 Å². The first kappa shape index (κ1) is 23.5. The van der Waals surface area contributed by atoms with Crippen LogP contribution < -0.4 is 5.32 Å². The van der Waals surface area contributed by atoms with Gasteiger partial charge in [-0.3, -0.25) is 0 Å². The minimum Gasteiger partial charge on any atom is -0.457 e. The summed E-state index contributed by atoms with van der Waals surface area (Å²) in [5.41, 5.74) is 1.86. The van der Waals surface area contributed by atoms with Gasteiger partial charge in [-0.2, -0.15) is 0 Å². The summed E-state index contributed by atoms with van der Waals surface area (Å²) in [5.74, 6) is -0.443. The number of nitrogens with one attached hydrogen (secondary N) is 1. The molecule has 1 amide bonds. The normalized spacial score (nSPS) is 11.5. The second kappa shape index (κ2) is 12.6. The lowest BCUT2D eigenvalue weighted by molar-refractivity contribution is 0.0478. The zero-order valence-corrected chi connectivity index (χ0v) is 18.6. The predicted molar refractivity (Wildman–Crippen MR) is 123 cm³/mol. The van der Waals surface area contributed by atoms with Crippen LogP contribution >= 0.6 is 11.3 Å². The number of ether oxygens (including phenoxy) is 2. The number of aliphatic hydroxyl groups is 1. The van der Waals surface area contributed by atoms with Crippen LogP contribution in [0.5, 0.6) is 0 Å². The number of hydrogen-bond acceptors (Lipinski definition) is 6. The molecule has 0 fully saturated rings. The molecular formula is C25H27NO5S. The molecular weight excluding hydrogens is 426 g/mol. The van der Waals surface area contributed by atoms with Gasteiger partial charge in [0.2, 0.25) is 0 Å². The fourth-order valence-corrected chi connectivity index (χ4v) is 3.94. The Morgan fingerprint density at radius 3 is 2.12 bits per heavy atom. The molecule has 0 aliphatic carbocycles. The third kappa shape index (κ3) is 7.83. The van der Waals surface area contributed by atoms with Gasteiger partial charge < -0.3 is 19.9 Å². The standard InChI is InChI=1S/C25H27NO5S/c27-16-21(15-26-25(29)31-18-20-9-5-2-6-10-20)11-12-22-13-14-23(32-22)24(28)30-17-19-7-3-1-4-8-19/h1-10,13-14,21,27H,11-12,15-18H2,(H,26,29)/t21-/m0/s1. The highest BCUT2D eigenvalue weighted by Crippen LogP contribution is 2.21. The van der Waals surface area contributed by atoms with Crippen LogP contribution in [-0.2, 0) is 29.1 Å². The van der Waals surface area contributed by atoms with Crippen LogP contribution in [0.2, 0.25) is 0 Å². The fraction of sp³-hybridized carbons (Fsp3) is 0.280. The molecule has 0 radical (unpaired) electrons. The third-order valence-corrected chi connectivity index (χ3v) is 6.01. The van der Waals surface area contributed by atoms with Crippen molar-refractivity contribution in [1.82, 2.24) is 5.32 Å². The third-order valence-electron chi connectivity index (χ3n) is 4.88. The molecule has 3 aromatic rings. The average Bonchev–Trinajstić information content (AvgIpc) is 3.32. The Kier molecular flexibility index (Phi) is 9.28. The summed E-state index contributed by atoms with van der Waals surface area (Å²) < 4.78 is 10.6. The number of aryl methyl sites for hydroxylation is 1. The molecule has 1 atom stereocenters. The highest BCUT2D eigenvalue weighted by atomic mass is 32.1. The van der Waals surface area contributed by atoms with E-state index in [4.69, 9.17) is 9.47 Å². The van der Waals surface area contributed by atoms with Crippen LogP contribution in [0, 0.1) is 5.92 Å². The Balaban J connectivity index is 1.37. The number of carbonyl (C=O) groups is 2. The Morgan fingerprint density at radius 2 is 1.50 bits per heavy atom. The fourth-order valence-electron chi connectivity index (χ4n) is 3.02. The van der Waals surface area contributed by atoms with Crippen LogP contribution in [0.25, 0.3) is 0 Å². The highest BCUT2D eigenvalue weighted by Gasteiger charge is 2.14. The van der Waals surface area contributed by atoms with Gasteiger partial charge >= 0.3 is 12.1 Å². The largest absolute Gasteiger partial charge is 0.457 e. The number of alkyl carbamates (subject to hydrolysis) is 1. The summed E-state index contributed by atoms with van der Waals surface area (Å²) in [6.45, 7) is 0.720. The molecule has 0 bridgehead atoms. The molecule has 0 aliphatic heterocycles. The SMILES string of the molecule is O=C(NC[C@@H](CO)CCc1ccc(C(=O)OCc2ccccc2)s1)OCc1ccccc1. The summed E-state index contributed by atoms with van der Waals surface area (Å²) in [6, 6.07) is 22.7. The number of amides is 1. The lowest BCUT2D eigenvalue weighted by atomic mass is 10.0. The zero-order valence-electron chi connectivity index (χ0n) is 17.7. The van der Waals surface area contributed by atoms with Crippen molar-refractivity contribution in [3.63, 3.8) is 0 Å². The Morgan fingerprint density at radius 1 is 0.875 bits per heavy atom. The molecule has 0 saturated heterocycles. The van der Waals surface area contributed by atoms with Gasteiger partial charge in [0.25, 0.3) is 0 Å². The zero-order chi connectivity index (χ0) is 22.6. The predicted octanol–water partition coefficient (Wildman–Crippen LogP) is 4.57. The van der Waals surface area contributed by atoms with Gasteiger partial charge in [-0.25, -0.2) is 9.59 Å². The first-order chi connectivity index (χ1) is 15.6. The number of benzene rings is 2. The number of thiophene rings is 1. The van der Waals surface area contributed by atoms with Crippen LogP contribution in [0.4, 0.5) is 4.79 Å². The van der Waals surface area contributed by atoms with Crippen molar-refractivity contribution in [2.24, 2.45) is 5.92 Å². The molecule has 32 heavy (non-hydrogen) atoms. The molecule has 0 aliphatic rings. The monoisotopic (exact) mass is 453 g/mol. The molecule has 0 unspecified atom stereocenters. The van der Waals surface area contributed by atoms with Gasteiger partial charge in [0.05, 0.1) is 0 Å². The van der Waals surface area contributed by atoms with Gasteiger partial charge in [0.1, 0.15) is 18.1 Å². The maximum Gasteiger partial charge on any atom is 0.407 e. The van der Waals surface area contributed by atoms with E-state index >= 15 is 0 Å². The number of esters is 1. The molecule has 0 saturated carbocycles. The van der Waals surface area contributed by atoms with E-state index in [9.17, 15) is 14.7 Å². The smallest absolute Gasteiger partial charge is 0.407 e. The lowest BCUT2D eigenvalue weighted by Gasteiger charge is -2.14. The second-order valence-electron chi connectivity index (χ2n) is 7.36. The molecule has 1 heterocycles. The molecule has 0 spiro atoms. The molecule has 168 valence electrons. The summed E-state index contributed by atoms with van der Waals surface area (Å²) in [6.07, 6.45) is 0.865. The molecule has 7 heteroatoms. The van der Waals surface area contributed by atoms with E-state index in [1.807, 2.05) is 66.7 Å². The molecule has 2 N–H and O–H groups in total. The van der Waals surface area contributed by atoms with Crippen LogP contribution in [0.1, 0.15) is 32.1 Å². The van der Waals surface area contributed by atoms with Gasteiger partial charge in [-0.1, -0.05) is 60.7 Å². The van der Waals surface area contributed by atoms with Gasteiger partial charge in [-0.05, 0) is 42.0 Å². The Labute approximate surface area is 191 Å². The van der Waals surface area contributed by atoms with Crippen molar-refractivity contribution in [2.75, 3.05) is 13.2 Å². The van der Waals surface area contributed by atoms with E-state index in [1.165, 1.54) is 11.3 Å². The van der Waals surface area contributed by atoms with Crippen molar-refractivity contribution in [2.45, 2.75) is 26.1 Å². The van der Waals surface area contributed by atoms with Crippen molar-refractivity contribution in [3.8, 4) is 0 Å². The van der Waals surface area contributed by atoms with E-state index in [0.717, 1.165) is 16.0 Å². The van der Waals surface area contributed by atoms with E-state index in [-0.39, 0.29) is 31.7 Å². The molecule has 3 rings (SSSR count). The number of rotatable bonds is 11. The first-order valence-corrected chi connectivity index (χ1v) is 11.3. The maximum absolute atomic E-state index is 12.3. The van der Waals surface area contributed by atoms with Crippen molar-refractivity contribution in [3.05, 3.63) is 93.7 Å². The first-order valence-electron chi connectivity index (χ1n) is 10.5. The number of aliphatic hydroxyl groups excluding tert-OH is 1. The lowest BCUT2D eigenvalue weighted by Crippen LogP contribution is -2.31. The van der Waals surface area contributed by atoms with Gasteiger partial charge in [-0.15, -0.1) is 11.3 Å². The molecule has 1 aromatic heterocycles. The van der Waals surface area contributed by atoms with Crippen molar-refractivity contribution >= 4 is 23.4 Å². The number of hydrogen-bond donors (Lipinski definition) is 2. The Bertz CT molecular complexity index is 974. The topological polar surface area (TPSA) is 84.9 Å². The van der Waals surface area contributed by atoms with Crippen molar-refractivity contribution in [1.29, 1.82) is 0 Å². The Hall–Kier alpha value is -3.16. The molecule has 6 nitrogen and oxygen atoms in total. The van der Waals surface area contributed by atoms with Gasteiger partial charge in [0.15, 0.2) is 0 Å². The van der Waals surface area contributed by atoms with Crippen LogP contribution in [-0.4, -0.2) is 30.3 Å². The van der Waals surface area contributed by atoms with E-state index < -0.39 is 6.09 Å². The summed E-state index contributed by atoms with van der Waals surface area (Å²) in [5, 5.41) is 12.3. The van der Waals surface area contributed by atoms with Gasteiger partial charge in [0, 0.05) is 18.0 Å². The minimum atomic E-state index is -0.508. The van der Waals surface area contributed by atoms with E-state index in [0.29, 0.717) is 24.3 Å². The van der Waals surface area contributed by atoms with E-state index in [1.54, 1.807) is 6.07 Å². The van der Waals surface area contributed by atoms with Crippen LogP contribution in [0.15, 0.2) is 72.8 Å². The highest BCUT2D eigenvalue weighted by molar-refractivity contribution is 7.13. The second-order valence-corrected chi connectivity index (χ2v) is 8.53. The minimum absolute atomic E-state index is 0.0453. The van der Waals surface area contributed by atoms with Crippen molar-refractivity contribution < 1.29 is 24.2 Å². The maximum atomic E-state index is 12.3. The molecule has 2 aromatic carbocycles. The quantitative estimate of drug-likeness (QED) is 0.416. The summed E-state index contributed by atoms with van der Waals surface area (Å²) >= 11 is 1.39.